The van der Waals surface area contributed by atoms with Crippen LogP contribution in [0.25, 0.3) is 6.08 Å². The molecule has 2 amide bonds. The number of thioether (sulfide) groups is 1. The first-order chi connectivity index (χ1) is 10.9. The van der Waals surface area contributed by atoms with Crippen LogP contribution in [0.15, 0.2) is 29.2 Å². The van der Waals surface area contributed by atoms with E-state index in [1.807, 2.05) is 26.2 Å². The van der Waals surface area contributed by atoms with E-state index in [9.17, 15) is 9.59 Å². The number of carbonyl (C=O) groups excluding carboxylic acids is 2. The molecule has 122 valence electrons. The van der Waals surface area contributed by atoms with Gasteiger partial charge in [-0.25, -0.2) is 0 Å². The van der Waals surface area contributed by atoms with E-state index < -0.39 is 0 Å². The predicted octanol–water partition coefficient (Wildman–Crippen LogP) is 0.392. The first-order valence-electron chi connectivity index (χ1n) is 7.27. The number of rotatable bonds is 5. The van der Waals surface area contributed by atoms with Gasteiger partial charge in [0.1, 0.15) is 4.32 Å². The normalized spacial score (nSPS) is 16.5. The Morgan fingerprint density at radius 3 is 2.52 bits per heavy atom. The zero-order valence-electron chi connectivity index (χ0n) is 13.4. The zero-order chi connectivity index (χ0) is 17.0. The van der Waals surface area contributed by atoms with E-state index in [2.05, 4.69) is 5.32 Å². The third-order valence-corrected chi connectivity index (χ3v) is 4.85. The number of hydrogen-bond acceptors (Lipinski definition) is 4. The summed E-state index contributed by atoms with van der Waals surface area (Å²) >= 11 is 6.39. The number of carbonyl (C=O) groups is 2. The highest BCUT2D eigenvalue weighted by atomic mass is 32.2. The fourth-order valence-electron chi connectivity index (χ4n) is 1.96. The lowest BCUT2D eigenvalue weighted by molar-refractivity contribution is -0.856. The monoisotopic (exact) mass is 350 g/mol. The van der Waals surface area contributed by atoms with Crippen molar-refractivity contribution in [1.82, 2.24) is 10.2 Å². The van der Waals surface area contributed by atoms with Gasteiger partial charge < -0.3 is 10.2 Å². The molecule has 0 unspecified atom stereocenters. The molecular formula is C16H20N3O2S2+. The molecule has 23 heavy (non-hydrogen) atoms. The number of amides is 2. The average Bonchev–Trinajstić information content (AvgIpc) is 2.75. The van der Waals surface area contributed by atoms with Gasteiger partial charge in [-0.2, -0.15) is 0 Å². The molecule has 0 spiro atoms. The van der Waals surface area contributed by atoms with Crippen molar-refractivity contribution in [2.75, 3.05) is 34.2 Å². The van der Waals surface area contributed by atoms with E-state index in [1.165, 1.54) is 21.6 Å². The summed E-state index contributed by atoms with van der Waals surface area (Å²) in [7, 11) is 5.75. The number of thiocarbonyl (C=S) groups is 1. The van der Waals surface area contributed by atoms with E-state index in [4.69, 9.17) is 12.2 Å². The minimum Gasteiger partial charge on any atom is -0.346 e. The second kappa shape index (κ2) is 7.72. The molecule has 1 fully saturated rings. The third kappa shape index (κ3) is 4.63. The molecule has 1 heterocycles. The van der Waals surface area contributed by atoms with Crippen LogP contribution in [-0.2, 0) is 4.79 Å². The summed E-state index contributed by atoms with van der Waals surface area (Å²) in [6, 6.07) is 7.18. The molecule has 1 aromatic rings. The van der Waals surface area contributed by atoms with Crippen LogP contribution in [0.3, 0.4) is 0 Å². The first-order valence-corrected chi connectivity index (χ1v) is 8.50. The van der Waals surface area contributed by atoms with Gasteiger partial charge in [0.2, 0.25) is 0 Å². The summed E-state index contributed by atoms with van der Waals surface area (Å²) in [5.41, 5.74) is 1.48. The Morgan fingerprint density at radius 2 is 2.00 bits per heavy atom. The number of likely N-dealkylation sites (N-methyl/N-ethyl adjacent to an activating group) is 2. The number of benzene rings is 1. The molecule has 0 saturated carbocycles. The minimum atomic E-state index is -0.0898. The van der Waals surface area contributed by atoms with Crippen LogP contribution in [0.1, 0.15) is 15.9 Å². The van der Waals surface area contributed by atoms with Crippen LogP contribution < -0.4 is 10.2 Å². The zero-order valence-corrected chi connectivity index (χ0v) is 15.0. The summed E-state index contributed by atoms with van der Waals surface area (Å²) in [6.45, 7) is 1.52. The Morgan fingerprint density at radius 1 is 1.35 bits per heavy atom. The smallest absolute Gasteiger partial charge is 0.265 e. The van der Waals surface area contributed by atoms with E-state index in [0.29, 0.717) is 21.3 Å². The molecule has 2 rings (SSSR count). The molecule has 7 heteroatoms. The molecule has 1 aromatic carbocycles. The molecule has 1 saturated heterocycles. The third-order valence-electron chi connectivity index (χ3n) is 3.37. The van der Waals surface area contributed by atoms with Gasteiger partial charge in [0.25, 0.3) is 11.8 Å². The number of nitrogens with zero attached hydrogens (tertiary/aromatic N) is 1. The Balaban J connectivity index is 2.01. The lowest BCUT2D eigenvalue weighted by atomic mass is 10.1. The Labute approximate surface area is 145 Å². The molecule has 0 bridgehead atoms. The fourth-order valence-corrected chi connectivity index (χ4v) is 3.14. The molecule has 0 aromatic heterocycles. The maximum Gasteiger partial charge on any atom is 0.265 e. The van der Waals surface area contributed by atoms with Crippen molar-refractivity contribution in [2.45, 2.75) is 0 Å². The van der Waals surface area contributed by atoms with E-state index >= 15 is 0 Å². The Bertz CT molecular complexity index is 654. The Hall–Kier alpha value is -1.70. The largest absolute Gasteiger partial charge is 0.346 e. The summed E-state index contributed by atoms with van der Waals surface area (Å²) < 4.78 is 0.556. The molecule has 1 aliphatic heterocycles. The van der Waals surface area contributed by atoms with E-state index in [-0.39, 0.29) is 11.8 Å². The van der Waals surface area contributed by atoms with Crippen molar-refractivity contribution in [1.29, 1.82) is 0 Å². The highest BCUT2D eigenvalue weighted by Crippen LogP contribution is 2.31. The fraction of sp³-hybridized carbons (Fsp3) is 0.312. The van der Waals surface area contributed by atoms with Crippen molar-refractivity contribution in [3.63, 3.8) is 0 Å². The van der Waals surface area contributed by atoms with Gasteiger partial charge in [0.15, 0.2) is 0 Å². The quantitative estimate of drug-likeness (QED) is 0.596. The van der Waals surface area contributed by atoms with Crippen LogP contribution in [0, 0.1) is 0 Å². The second-order valence-corrected chi connectivity index (χ2v) is 7.25. The van der Waals surface area contributed by atoms with Crippen molar-refractivity contribution in [2.24, 2.45) is 0 Å². The average molecular weight is 350 g/mol. The molecule has 0 atom stereocenters. The summed E-state index contributed by atoms with van der Waals surface area (Å²) in [4.78, 5) is 27.3. The predicted molar refractivity (Wildman–Crippen MR) is 97.4 cm³/mol. The molecule has 0 radical (unpaired) electrons. The molecule has 1 aliphatic rings. The van der Waals surface area contributed by atoms with Crippen molar-refractivity contribution in [3.8, 4) is 0 Å². The van der Waals surface area contributed by atoms with Gasteiger partial charge >= 0.3 is 0 Å². The summed E-state index contributed by atoms with van der Waals surface area (Å²) in [5, 5.41) is 2.88. The van der Waals surface area contributed by atoms with E-state index in [1.54, 1.807) is 25.3 Å². The lowest BCUT2D eigenvalue weighted by Gasteiger charge is -2.08. The molecule has 0 aliphatic carbocycles. The van der Waals surface area contributed by atoms with Crippen LogP contribution in [0.2, 0.25) is 0 Å². The maximum atomic E-state index is 12.0. The Kier molecular flexibility index (Phi) is 5.92. The number of nitrogens with one attached hydrogen (secondary N) is 2. The maximum absolute atomic E-state index is 12.0. The van der Waals surface area contributed by atoms with Gasteiger partial charge in [0.05, 0.1) is 32.1 Å². The summed E-state index contributed by atoms with van der Waals surface area (Å²) in [6.07, 6.45) is 1.79. The lowest BCUT2D eigenvalue weighted by Crippen LogP contribution is -3.06. The molecule has 5 nitrogen and oxygen atoms in total. The van der Waals surface area contributed by atoms with Crippen LogP contribution in [0.5, 0.6) is 0 Å². The first kappa shape index (κ1) is 17.7. The molecular weight excluding hydrogens is 330 g/mol. The van der Waals surface area contributed by atoms with Crippen molar-refractivity contribution >= 4 is 46.2 Å². The van der Waals surface area contributed by atoms with Crippen molar-refractivity contribution < 1.29 is 14.5 Å². The number of hydrogen-bond donors (Lipinski definition) is 2. The second-order valence-electron chi connectivity index (χ2n) is 5.58. The highest BCUT2D eigenvalue weighted by molar-refractivity contribution is 8.26. The van der Waals surface area contributed by atoms with Crippen molar-refractivity contribution in [3.05, 3.63) is 40.3 Å². The van der Waals surface area contributed by atoms with Gasteiger partial charge in [-0.3, -0.25) is 14.5 Å². The van der Waals surface area contributed by atoms with Gasteiger partial charge in [0, 0.05) is 12.6 Å². The standard InChI is InChI=1S/C16H19N3O2S2/c1-18(2)9-8-17-14(20)12-6-4-11(5-7-12)10-13-15(21)19(3)16(22)23-13/h4-7,10H,8-9H2,1-3H3,(H,17,20)/p+1/b13-10-. The van der Waals surface area contributed by atoms with Crippen LogP contribution >= 0.6 is 24.0 Å². The summed E-state index contributed by atoms with van der Waals surface area (Å²) in [5.74, 6) is -0.175. The highest BCUT2D eigenvalue weighted by Gasteiger charge is 2.28. The van der Waals surface area contributed by atoms with Gasteiger partial charge in [-0.1, -0.05) is 36.1 Å². The van der Waals surface area contributed by atoms with Crippen LogP contribution in [-0.4, -0.2) is 55.3 Å². The number of quaternary nitrogens is 1. The van der Waals surface area contributed by atoms with E-state index in [0.717, 1.165) is 12.1 Å². The molecule has 2 N–H and O–H groups in total. The SMILES string of the molecule is CN1C(=O)/C(=C/c2ccc(C(=O)NCC[NH+](C)C)cc2)SC1=S. The van der Waals surface area contributed by atoms with Crippen LogP contribution in [0.4, 0.5) is 0 Å². The van der Waals surface area contributed by atoms with Gasteiger partial charge in [-0.15, -0.1) is 0 Å². The topological polar surface area (TPSA) is 53.9 Å². The van der Waals surface area contributed by atoms with Gasteiger partial charge in [-0.05, 0) is 23.8 Å². The minimum absolute atomic E-state index is 0.0855.